The van der Waals surface area contributed by atoms with Crippen LogP contribution >= 0.6 is 0 Å². The van der Waals surface area contributed by atoms with E-state index in [2.05, 4.69) is 9.97 Å². The van der Waals surface area contributed by atoms with Gasteiger partial charge in [-0.25, -0.2) is 27.2 Å². The van der Waals surface area contributed by atoms with Gasteiger partial charge in [-0.15, -0.1) is 0 Å². The average molecular weight is 402 g/mol. The predicted molar refractivity (Wildman–Crippen MR) is 99.7 cm³/mol. The molecule has 6 nitrogen and oxygen atoms in total. The summed E-state index contributed by atoms with van der Waals surface area (Å²) in [6, 6.07) is 10.6. The van der Waals surface area contributed by atoms with Gasteiger partial charge in [-0.1, -0.05) is 12.1 Å². The Labute approximate surface area is 160 Å². The molecule has 0 atom stereocenters. The number of nitrogens with two attached hydrogens (primary N) is 1. The van der Waals surface area contributed by atoms with Gasteiger partial charge in [0.15, 0.2) is 0 Å². The van der Waals surface area contributed by atoms with Crippen molar-refractivity contribution in [1.82, 2.24) is 14.3 Å². The summed E-state index contributed by atoms with van der Waals surface area (Å²) in [5, 5.41) is 0. The molecule has 4 rings (SSSR count). The largest absolute Gasteiger partial charge is 0.368 e. The maximum absolute atomic E-state index is 13.2. The Bertz CT molecular complexity index is 1110. The van der Waals surface area contributed by atoms with Crippen LogP contribution in [0.15, 0.2) is 59.6 Å². The summed E-state index contributed by atoms with van der Waals surface area (Å²) in [5.74, 6) is -0.955. The van der Waals surface area contributed by atoms with E-state index in [0.717, 1.165) is 17.7 Å². The van der Waals surface area contributed by atoms with E-state index in [0.29, 0.717) is 11.3 Å². The zero-order chi connectivity index (χ0) is 19.9. The molecule has 3 aromatic rings. The summed E-state index contributed by atoms with van der Waals surface area (Å²) in [6.45, 7) is 0.425. The lowest BCUT2D eigenvalue weighted by Gasteiger charge is -2.38. The molecule has 0 radical (unpaired) electrons. The molecule has 2 aromatic carbocycles. The first-order valence-corrected chi connectivity index (χ1v) is 9.92. The van der Waals surface area contributed by atoms with Crippen molar-refractivity contribution in [3.05, 3.63) is 72.1 Å². The van der Waals surface area contributed by atoms with Gasteiger partial charge in [0.25, 0.3) is 0 Å². The van der Waals surface area contributed by atoms with E-state index >= 15 is 0 Å². The number of sulfonamides is 1. The minimum Gasteiger partial charge on any atom is -0.368 e. The summed E-state index contributed by atoms with van der Waals surface area (Å²) in [6.07, 6.45) is 1.56. The molecule has 0 bridgehead atoms. The van der Waals surface area contributed by atoms with Crippen molar-refractivity contribution in [2.24, 2.45) is 0 Å². The van der Waals surface area contributed by atoms with E-state index in [1.807, 2.05) is 0 Å². The fourth-order valence-corrected chi connectivity index (χ4v) is 4.67. The summed E-state index contributed by atoms with van der Waals surface area (Å²) >= 11 is 0. The lowest BCUT2D eigenvalue weighted by molar-refractivity contribution is 0.261. The molecule has 2 N–H and O–H groups in total. The van der Waals surface area contributed by atoms with Gasteiger partial charge in [0.2, 0.25) is 16.0 Å². The smallest absolute Gasteiger partial charge is 0.243 e. The number of benzene rings is 2. The van der Waals surface area contributed by atoms with Gasteiger partial charge in [-0.05, 0) is 42.0 Å². The molecule has 1 aromatic heterocycles. The van der Waals surface area contributed by atoms with Crippen LogP contribution in [0.3, 0.4) is 0 Å². The van der Waals surface area contributed by atoms with Crippen LogP contribution in [0.1, 0.15) is 11.6 Å². The Morgan fingerprint density at radius 3 is 2.14 bits per heavy atom. The molecule has 2 heterocycles. The van der Waals surface area contributed by atoms with Crippen molar-refractivity contribution in [2.75, 3.05) is 18.8 Å². The zero-order valence-electron chi connectivity index (χ0n) is 14.6. The molecule has 28 heavy (non-hydrogen) atoms. The van der Waals surface area contributed by atoms with Gasteiger partial charge in [0.05, 0.1) is 10.6 Å². The molecule has 0 spiro atoms. The first kappa shape index (κ1) is 18.5. The minimum atomic E-state index is -3.71. The highest BCUT2D eigenvalue weighted by molar-refractivity contribution is 7.89. The highest BCUT2D eigenvalue weighted by Crippen LogP contribution is 2.36. The number of nitrogens with zero attached hydrogens (tertiary/aromatic N) is 3. The van der Waals surface area contributed by atoms with Crippen LogP contribution in [0, 0.1) is 11.6 Å². The fraction of sp³-hybridized carbons (Fsp3) is 0.158. The maximum Gasteiger partial charge on any atom is 0.243 e. The Hall–Kier alpha value is -2.91. The predicted octanol–water partition coefficient (Wildman–Crippen LogP) is 2.79. The molecule has 0 saturated carbocycles. The van der Waals surface area contributed by atoms with Crippen molar-refractivity contribution in [3.8, 4) is 11.1 Å². The second kappa shape index (κ2) is 6.92. The third-order valence-corrected chi connectivity index (χ3v) is 6.52. The highest BCUT2D eigenvalue weighted by atomic mass is 32.2. The standard InChI is InChI=1S/C19H16F2N4O2S/c20-14-3-1-12(2-4-14)17-9-23-19(22)24-18(17)13-10-25(11-13)28(26,27)16-7-5-15(21)6-8-16/h1-9,13H,10-11H2,(H2,22,23,24). The molecule has 1 aliphatic rings. The van der Waals surface area contributed by atoms with Crippen LogP contribution in [0.4, 0.5) is 14.7 Å². The van der Waals surface area contributed by atoms with E-state index in [4.69, 9.17) is 5.73 Å². The van der Waals surface area contributed by atoms with Gasteiger partial charge in [0, 0.05) is 30.8 Å². The quantitative estimate of drug-likeness (QED) is 0.725. The van der Waals surface area contributed by atoms with Crippen LogP contribution in [-0.4, -0.2) is 35.8 Å². The van der Waals surface area contributed by atoms with E-state index < -0.39 is 15.8 Å². The summed E-state index contributed by atoms with van der Waals surface area (Å²) in [7, 11) is -3.71. The van der Waals surface area contributed by atoms with E-state index in [1.54, 1.807) is 18.3 Å². The van der Waals surface area contributed by atoms with Gasteiger partial charge in [-0.2, -0.15) is 4.31 Å². The number of nitrogen functional groups attached to an aromatic ring is 1. The Balaban J connectivity index is 1.60. The second-order valence-electron chi connectivity index (χ2n) is 6.51. The first-order valence-electron chi connectivity index (χ1n) is 8.48. The van der Waals surface area contributed by atoms with Gasteiger partial charge in [0.1, 0.15) is 11.6 Å². The number of halogens is 2. The van der Waals surface area contributed by atoms with E-state index in [9.17, 15) is 17.2 Å². The minimum absolute atomic E-state index is 0.0355. The van der Waals surface area contributed by atoms with Crippen molar-refractivity contribution in [1.29, 1.82) is 0 Å². The number of aromatic nitrogens is 2. The highest BCUT2D eigenvalue weighted by Gasteiger charge is 2.39. The van der Waals surface area contributed by atoms with Crippen molar-refractivity contribution in [3.63, 3.8) is 0 Å². The molecule has 0 aliphatic carbocycles. The van der Waals surface area contributed by atoms with E-state index in [1.165, 1.54) is 28.6 Å². The zero-order valence-corrected chi connectivity index (χ0v) is 15.4. The molecule has 1 aliphatic heterocycles. The number of hydrogen-bond acceptors (Lipinski definition) is 5. The Kier molecular flexibility index (Phi) is 4.56. The molecule has 1 fully saturated rings. The summed E-state index contributed by atoms with van der Waals surface area (Å²) in [5.41, 5.74) is 7.74. The lowest BCUT2D eigenvalue weighted by atomic mass is 9.92. The van der Waals surface area contributed by atoms with Gasteiger partial charge < -0.3 is 5.73 Å². The fourth-order valence-electron chi connectivity index (χ4n) is 3.14. The normalized spacial score (nSPS) is 15.4. The van der Waals surface area contributed by atoms with Crippen LogP contribution in [0.2, 0.25) is 0 Å². The summed E-state index contributed by atoms with van der Waals surface area (Å²) < 4.78 is 52.9. The average Bonchev–Trinajstić information content (AvgIpc) is 2.62. The van der Waals surface area contributed by atoms with Crippen LogP contribution < -0.4 is 5.73 Å². The van der Waals surface area contributed by atoms with Crippen LogP contribution in [0.25, 0.3) is 11.1 Å². The SMILES string of the molecule is Nc1ncc(-c2ccc(F)cc2)c(C2CN(S(=O)(=O)c3ccc(F)cc3)C2)n1. The molecular formula is C19H16F2N4O2S. The summed E-state index contributed by atoms with van der Waals surface area (Å²) in [4.78, 5) is 8.34. The third-order valence-electron chi connectivity index (χ3n) is 4.68. The lowest BCUT2D eigenvalue weighted by Crippen LogP contribution is -2.48. The second-order valence-corrected chi connectivity index (χ2v) is 8.44. The first-order chi connectivity index (χ1) is 13.3. The van der Waals surface area contributed by atoms with Crippen molar-refractivity contribution in [2.45, 2.75) is 10.8 Å². The van der Waals surface area contributed by atoms with Crippen LogP contribution in [-0.2, 0) is 10.0 Å². The molecule has 0 unspecified atom stereocenters. The Morgan fingerprint density at radius 2 is 1.54 bits per heavy atom. The monoisotopic (exact) mass is 402 g/mol. The number of rotatable bonds is 4. The maximum atomic E-state index is 13.2. The number of anilines is 1. The number of hydrogen-bond donors (Lipinski definition) is 1. The Morgan fingerprint density at radius 1 is 0.964 bits per heavy atom. The van der Waals surface area contributed by atoms with Gasteiger partial charge in [-0.3, -0.25) is 0 Å². The molecule has 0 amide bonds. The van der Waals surface area contributed by atoms with Crippen LogP contribution in [0.5, 0.6) is 0 Å². The van der Waals surface area contributed by atoms with Gasteiger partial charge >= 0.3 is 0 Å². The van der Waals surface area contributed by atoms with Crippen molar-refractivity contribution < 1.29 is 17.2 Å². The van der Waals surface area contributed by atoms with E-state index in [-0.39, 0.29) is 35.7 Å². The molecular weight excluding hydrogens is 386 g/mol. The molecule has 144 valence electrons. The molecule has 1 saturated heterocycles. The third kappa shape index (κ3) is 3.34. The topological polar surface area (TPSA) is 89.2 Å². The molecule has 9 heteroatoms. The van der Waals surface area contributed by atoms with Crippen molar-refractivity contribution >= 4 is 16.0 Å².